The Morgan fingerprint density at radius 2 is 0.854 bits per heavy atom. The van der Waals surface area contributed by atoms with Crippen LogP contribution in [0.1, 0.15) is 85.3 Å². The molecule has 41 heavy (non-hydrogen) atoms. The Labute approximate surface area is 249 Å². The average molecular weight is 615 g/mol. The summed E-state index contributed by atoms with van der Waals surface area (Å²) in [5, 5.41) is 9.31. The summed E-state index contributed by atoms with van der Waals surface area (Å²) in [6, 6.07) is 1.55. The highest BCUT2D eigenvalue weighted by atomic mass is 28.4. The van der Waals surface area contributed by atoms with Crippen LogP contribution >= 0.6 is 0 Å². The zero-order valence-corrected chi connectivity index (χ0v) is 28.3. The van der Waals surface area contributed by atoms with E-state index < -0.39 is 17.6 Å². The zero-order chi connectivity index (χ0) is 29.8. The molecule has 0 saturated heterocycles. The van der Waals surface area contributed by atoms with Gasteiger partial charge >= 0.3 is 17.6 Å². The largest absolute Gasteiger partial charge is 0.500 e. The molecule has 2 aromatic rings. The number of aryl methyl sites for hydroxylation is 4. The third-order valence-corrected chi connectivity index (χ3v) is 12.7. The lowest BCUT2D eigenvalue weighted by molar-refractivity contribution is 0.0696. The topological polar surface area (TPSA) is 117 Å². The van der Waals surface area contributed by atoms with Crippen molar-refractivity contribution < 1.29 is 26.6 Å². The van der Waals surface area contributed by atoms with E-state index >= 15 is 0 Å². The van der Waals surface area contributed by atoms with Crippen molar-refractivity contribution in [3.05, 3.63) is 24.3 Å². The Kier molecular flexibility index (Phi) is 17.7. The minimum atomic E-state index is -2.61. The maximum Gasteiger partial charge on any atom is 0.500 e. The second kappa shape index (κ2) is 20.4. The molecular formula is C27H54N6O6Si2. The van der Waals surface area contributed by atoms with E-state index in [0.29, 0.717) is 39.6 Å². The van der Waals surface area contributed by atoms with Crippen molar-refractivity contribution in [1.82, 2.24) is 29.5 Å². The molecule has 0 unspecified atom stereocenters. The van der Waals surface area contributed by atoms with Crippen molar-refractivity contribution >= 4 is 17.6 Å². The maximum atomic E-state index is 5.94. The van der Waals surface area contributed by atoms with E-state index in [9.17, 15) is 0 Å². The summed E-state index contributed by atoms with van der Waals surface area (Å²) < 4.78 is 39.5. The van der Waals surface area contributed by atoms with Gasteiger partial charge in [0, 0.05) is 77.7 Å². The molecule has 2 rings (SSSR count). The van der Waals surface area contributed by atoms with Gasteiger partial charge in [-0.1, -0.05) is 6.42 Å². The first kappa shape index (κ1) is 35.7. The Morgan fingerprint density at radius 1 is 0.512 bits per heavy atom. The molecule has 2 aromatic heterocycles. The highest BCUT2D eigenvalue weighted by molar-refractivity contribution is 6.61. The minimum absolute atomic E-state index is 0.596. The molecule has 0 aliphatic carbocycles. The van der Waals surface area contributed by atoms with Crippen LogP contribution in [0.15, 0.2) is 12.7 Å². The fourth-order valence-corrected chi connectivity index (χ4v) is 9.96. The first-order valence-corrected chi connectivity index (χ1v) is 19.4. The molecule has 0 saturated carbocycles. The van der Waals surface area contributed by atoms with E-state index in [4.69, 9.17) is 26.6 Å². The molecule has 0 fully saturated rings. The molecule has 0 amide bonds. The van der Waals surface area contributed by atoms with Crippen molar-refractivity contribution in [2.45, 2.75) is 112 Å². The molecule has 12 nitrogen and oxygen atoms in total. The summed E-state index contributed by atoms with van der Waals surface area (Å²) in [5.41, 5.74) is 0. The van der Waals surface area contributed by atoms with Gasteiger partial charge < -0.3 is 26.6 Å². The van der Waals surface area contributed by atoms with Gasteiger partial charge in [-0.3, -0.25) is 9.36 Å². The summed E-state index contributed by atoms with van der Waals surface area (Å²) in [6.07, 6.45) is 10.3. The van der Waals surface area contributed by atoms with Crippen molar-refractivity contribution in [1.29, 1.82) is 0 Å². The predicted octanol–water partition coefficient (Wildman–Crippen LogP) is 4.70. The summed E-state index contributed by atoms with van der Waals surface area (Å²) in [6.45, 7) is 17.0. The van der Waals surface area contributed by atoms with Crippen LogP contribution in [0.4, 0.5) is 0 Å². The summed E-state index contributed by atoms with van der Waals surface area (Å²) in [4.78, 5) is 8.99. The van der Waals surface area contributed by atoms with Gasteiger partial charge in [0.25, 0.3) is 0 Å². The molecule has 0 atom stereocenters. The van der Waals surface area contributed by atoms with Gasteiger partial charge in [-0.25, -0.2) is 9.97 Å². The van der Waals surface area contributed by atoms with Crippen LogP contribution in [-0.4, -0.2) is 86.8 Å². The van der Waals surface area contributed by atoms with E-state index in [1.807, 2.05) is 63.6 Å². The van der Waals surface area contributed by atoms with Crippen LogP contribution in [0.3, 0.4) is 0 Å². The van der Waals surface area contributed by atoms with Crippen LogP contribution in [0.5, 0.6) is 0 Å². The van der Waals surface area contributed by atoms with E-state index in [0.717, 1.165) is 81.8 Å². The number of unbranched alkanes of at least 4 members (excludes halogenated alkanes) is 2. The molecule has 0 bridgehead atoms. The molecule has 236 valence electrons. The quantitative estimate of drug-likeness (QED) is 0.109. The molecule has 0 radical (unpaired) electrons. The number of aromatic nitrogens is 6. The second-order valence-corrected chi connectivity index (χ2v) is 15.0. The molecular weight excluding hydrogens is 561 g/mol. The summed E-state index contributed by atoms with van der Waals surface area (Å²) in [5.74, 6) is 1.78. The normalized spacial score (nSPS) is 12.4. The lowest BCUT2D eigenvalue weighted by Crippen LogP contribution is -2.46. The summed E-state index contributed by atoms with van der Waals surface area (Å²) >= 11 is 0. The molecule has 2 heterocycles. The SMILES string of the molecule is CCO[Si](CCCn1cnc(CCCCCc2ncn(CCC[Si](OCC)(OCC)OCC)n2)n1)(OCC)OCC. The lowest BCUT2D eigenvalue weighted by Gasteiger charge is -2.28. The summed E-state index contributed by atoms with van der Waals surface area (Å²) in [7, 11) is -5.22. The smallest absolute Gasteiger partial charge is 0.374 e. The van der Waals surface area contributed by atoms with Gasteiger partial charge in [-0.05, 0) is 67.2 Å². The highest BCUT2D eigenvalue weighted by Crippen LogP contribution is 2.20. The fourth-order valence-electron chi connectivity index (χ4n) is 4.77. The molecule has 0 aromatic carbocycles. The number of hydrogen-bond acceptors (Lipinski definition) is 10. The standard InChI is InChI=1S/C27H54N6O6Si2/c1-7-34-40(35-8-2,36-9-3)22-16-20-32-24-28-26(30-32)18-14-13-15-19-27-29-25-33(31-27)21-17-23-41(37-10-4,38-11-5)39-12-6/h24-25H,7-23H2,1-6H3. The van der Waals surface area contributed by atoms with Crippen LogP contribution in [0.2, 0.25) is 12.1 Å². The van der Waals surface area contributed by atoms with Crippen molar-refractivity contribution in [2.75, 3.05) is 39.6 Å². The third kappa shape index (κ3) is 13.1. The van der Waals surface area contributed by atoms with Crippen LogP contribution in [0, 0.1) is 0 Å². The maximum absolute atomic E-state index is 5.94. The monoisotopic (exact) mass is 614 g/mol. The number of nitrogens with zero attached hydrogens (tertiary/aromatic N) is 6. The Morgan fingerprint density at radius 3 is 1.17 bits per heavy atom. The highest BCUT2D eigenvalue weighted by Gasteiger charge is 2.40. The average Bonchev–Trinajstić information content (AvgIpc) is 3.59. The van der Waals surface area contributed by atoms with Crippen LogP contribution < -0.4 is 0 Å². The molecule has 14 heteroatoms. The van der Waals surface area contributed by atoms with Crippen molar-refractivity contribution in [3.63, 3.8) is 0 Å². The number of rotatable bonds is 26. The van der Waals surface area contributed by atoms with Gasteiger partial charge in [0.05, 0.1) is 0 Å². The zero-order valence-electron chi connectivity index (χ0n) is 26.3. The first-order chi connectivity index (χ1) is 20.0. The van der Waals surface area contributed by atoms with E-state index in [1.54, 1.807) is 0 Å². The third-order valence-electron chi connectivity index (χ3n) is 6.39. The van der Waals surface area contributed by atoms with Crippen molar-refractivity contribution in [3.8, 4) is 0 Å². The fraction of sp³-hybridized carbons (Fsp3) is 0.852. The van der Waals surface area contributed by atoms with Gasteiger partial charge in [-0.2, -0.15) is 10.2 Å². The van der Waals surface area contributed by atoms with E-state index in [2.05, 4.69) is 20.2 Å². The van der Waals surface area contributed by atoms with Crippen LogP contribution in [0.25, 0.3) is 0 Å². The second-order valence-electron chi connectivity index (χ2n) is 9.58. The van der Waals surface area contributed by atoms with Gasteiger partial charge in [0.1, 0.15) is 12.7 Å². The number of hydrogen-bond donors (Lipinski definition) is 0. The molecule has 0 N–H and O–H groups in total. The van der Waals surface area contributed by atoms with Gasteiger partial charge in [-0.15, -0.1) is 0 Å². The van der Waals surface area contributed by atoms with E-state index in [-0.39, 0.29) is 0 Å². The predicted molar refractivity (Wildman–Crippen MR) is 161 cm³/mol. The Hall–Kier alpha value is -1.53. The van der Waals surface area contributed by atoms with Crippen LogP contribution in [-0.2, 0) is 52.5 Å². The van der Waals surface area contributed by atoms with Gasteiger partial charge in [0.15, 0.2) is 11.6 Å². The molecule has 0 aliphatic heterocycles. The Balaban J connectivity index is 1.67. The minimum Gasteiger partial charge on any atom is -0.374 e. The Bertz CT molecular complexity index is 827. The first-order valence-electron chi connectivity index (χ1n) is 15.6. The lowest BCUT2D eigenvalue weighted by atomic mass is 10.1. The molecule has 0 aliphatic rings. The molecule has 0 spiro atoms. The van der Waals surface area contributed by atoms with Crippen molar-refractivity contribution in [2.24, 2.45) is 0 Å². The van der Waals surface area contributed by atoms with Gasteiger partial charge in [0.2, 0.25) is 0 Å². The van der Waals surface area contributed by atoms with E-state index in [1.165, 1.54) is 0 Å².